The van der Waals surface area contributed by atoms with Gasteiger partial charge in [0.05, 0.1) is 13.2 Å². The second-order valence-corrected chi connectivity index (χ2v) is 15.7. The quantitative estimate of drug-likeness (QED) is 0.0397. The van der Waals surface area contributed by atoms with E-state index in [0.717, 1.165) is 62.4 Å². The zero-order chi connectivity index (χ0) is 34.2. The summed E-state index contributed by atoms with van der Waals surface area (Å²) in [5.41, 5.74) is 0. The van der Waals surface area contributed by atoms with Crippen LogP contribution in [0.15, 0.2) is 10.3 Å². The maximum atomic E-state index is 12.3. The fraction of sp³-hybridized carbons (Fsp3) is 0.895. The predicted octanol–water partition coefficient (Wildman–Crippen LogP) is 11.3. The zero-order valence-corrected chi connectivity index (χ0v) is 32.8. The van der Waals surface area contributed by atoms with Gasteiger partial charge in [-0.25, -0.2) is 0 Å². The third kappa shape index (κ3) is 27.5. The monoisotopic (exact) mass is 697 g/mol. The average Bonchev–Trinajstić information content (AvgIpc) is 3.05. The van der Waals surface area contributed by atoms with Crippen LogP contribution >= 0.6 is 23.5 Å². The van der Waals surface area contributed by atoms with Crippen LogP contribution in [0.25, 0.3) is 0 Å². The van der Waals surface area contributed by atoms with Crippen molar-refractivity contribution in [2.45, 2.75) is 190 Å². The fourth-order valence-electron chi connectivity index (χ4n) is 5.38. The van der Waals surface area contributed by atoms with Crippen LogP contribution in [0.1, 0.15) is 175 Å². The van der Waals surface area contributed by atoms with Crippen molar-refractivity contribution in [2.75, 3.05) is 39.6 Å². The Morgan fingerprint density at radius 3 is 1.77 bits per heavy atom. The molecule has 1 unspecified atom stereocenters. The van der Waals surface area contributed by atoms with Gasteiger partial charge in [0.15, 0.2) is 10.3 Å². The van der Waals surface area contributed by atoms with E-state index in [1.165, 1.54) is 103 Å². The Bertz CT molecular complexity index is 862. The van der Waals surface area contributed by atoms with Crippen LogP contribution in [0.4, 0.5) is 0 Å². The summed E-state index contributed by atoms with van der Waals surface area (Å²) in [6, 6.07) is 0.420. The van der Waals surface area contributed by atoms with E-state index in [1.54, 1.807) is 23.5 Å². The second-order valence-electron chi connectivity index (χ2n) is 13.3. The minimum absolute atomic E-state index is 0.101. The second kappa shape index (κ2) is 32.2. The van der Waals surface area contributed by atoms with Crippen LogP contribution in [-0.4, -0.2) is 70.7 Å². The van der Waals surface area contributed by atoms with E-state index in [2.05, 4.69) is 49.7 Å². The number of rotatable bonds is 34. The van der Waals surface area contributed by atoms with Crippen molar-refractivity contribution in [1.82, 2.24) is 19.9 Å². The molecule has 1 aromatic rings. The summed E-state index contributed by atoms with van der Waals surface area (Å²) < 4.78 is 11.4. The largest absolute Gasteiger partial charge is 0.466 e. The zero-order valence-electron chi connectivity index (χ0n) is 31.2. The number of aromatic nitrogens is 3. The highest BCUT2D eigenvalue weighted by molar-refractivity contribution is 8.00. The Morgan fingerprint density at radius 1 is 0.638 bits per heavy atom. The van der Waals surface area contributed by atoms with Crippen molar-refractivity contribution in [3.8, 4) is 6.01 Å². The number of thioether (sulfide) groups is 2. The molecule has 0 radical (unpaired) electrons. The summed E-state index contributed by atoms with van der Waals surface area (Å²) in [5, 5.41) is 1.72. The highest BCUT2D eigenvalue weighted by Crippen LogP contribution is 2.30. The lowest BCUT2D eigenvalue weighted by Crippen LogP contribution is -2.16. The summed E-state index contributed by atoms with van der Waals surface area (Å²) in [7, 11) is 4.14. The van der Waals surface area contributed by atoms with Gasteiger partial charge in [-0.2, -0.15) is 15.0 Å². The van der Waals surface area contributed by atoms with Gasteiger partial charge in [-0.15, -0.1) is 0 Å². The molecular formula is C38H72N4O3S2. The van der Waals surface area contributed by atoms with Crippen molar-refractivity contribution < 1.29 is 14.3 Å². The molecule has 0 aliphatic carbocycles. The molecule has 47 heavy (non-hydrogen) atoms. The van der Waals surface area contributed by atoms with Crippen LogP contribution < -0.4 is 4.74 Å². The van der Waals surface area contributed by atoms with Crippen LogP contribution in [-0.2, 0) is 9.53 Å². The first kappa shape index (κ1) is 44.0. The van der Waals surface area contributed by atoms with Gasteiger partial charge in [-0.05, 0) is 46.2 Å². The molecular weight excluding hydrogens is 625 g/mol. The number of carbonyl (C=O) groups excluding carboxylic acids is 1. The molecule has 0 saturated carbocycles. The van der Waals surface area contributed by atoms with E-state index in [-0.39, 0.29) is 11.2 Å². The lowest BCUT2D eigenvalue weighted by molar-refractivity contribution is -0.143. The minimum atomic E-state index is -0.101. The summed E-state index contributed by atoms with van der Waals surface area (Å²) in [6.07, 6.45) is 29.4. The molecule has 0 bridgehead atoms. The molecule has 1 aromatic heterocycles. The van der Waals surface area contributed by atoms with Gasteiger partial charge in [0.25, 0.3) is 0 Å². The van der Waals surface area contributed by atoms with E-state index in [9.17, 15) is 4.79 Å². The normalized spacial score (nSPS) is 12.1. The molecule has 1 atom stereocenters. The van der Waals surface area contributed by atoms with E-state index >= 15 is 0 Å². The van der Waals surface area contributed by atoms with Gasteiger partial charge in [-0.3, -0.25) is 4.79 Å². The average molecular weight is 697 g/mol. The lowest BCUT2D eigenvalue weighted by Gasteiger charge is -2.16. The molecule has 0 N–H and O–H groups in total. The van der Waals surface area contributed by atoms with E-state index in [0.29, 0.717) is 30.8 Å². The number of ether oxygens (including phenoxy) is 2. The summed E-state index contributed by atoms with van der Waals surface area (Å²) in [6.45, 7) is 8.66. The Balaban J connectivity index is 2.46. The highest BCUT2D eigenvalue weighted by Gasteiger charge is 2.18. The lowest BCUT2D eigenvalue weighted by atomic mass is 10.0. The molecule has 7 nitrogen and oxygen atoms in total. The summed E-state index contributed by atoms with van der Waals surface area (Å²) >= 11 is 3.38. The van der Waals surface area contributed by atoms with Gasteiger partial charge in [0.1, 0.15) is 0 Å². The minimum Gasteiger partial charge on any atom is -0.466 e. The van der Waals surface area contributed by atoms with Crippen molar-refractivity contribution in [1.29, 1.82) is 0 Å². The molecule has 0 fully saturated rings. The summed E-state index contributed by atoms with van der Waals surface area (Å²) in [5.74, 6) is 0.909. The van der Waals surface area contributed by atoms with Gasteiger partial charge in [-0.1, -0.05) is 160 Å². The van der Waals surface area contributed by atoms with Crippen molar-refractivity contribution in [2.24, 2.45) is 0 Å². The Hall–Kier alpha value is -1.06. The third-order valence-electron chi connectivity index (χ3n) is 8.37. The Morgan fingerprint density at radius 2 is 1.19 bits per heavy atom. The van der Waals surface area contributed by atoms with Crippen LogP contribution in [0.5, 0.6) is 6.01 Å². The van der Waals surface area contributed by atoms with Gasteiger partial charge >= 0.3 is 12.0 Å². The maximum absolute atomic E-state index is 12.3. The molecule has 0 aromatic carbocycles. The smallest absolute Gasteiger partial charge is 0.321 e. The molecule has 0 amide bonds. The van der Waals surface area contributed by atoms with Crippen LogP contribution in [0.2, 0.25) is 0 Å². The SMILES string of the molecule is CCCCCCCCCCCCCCCCCCSc1nc(OCCCN(C)C)nc(SC(CCCC)CCC(=O)OCCCC)n1. The fourth-order valence-corrected chi connectivity index (χ4v) is 7.36. The molecule has 274 valence electrons. The molecule has 0 aliphatic rings. The number of esters is 1. The molecule has 1 rings (SSSR count). The first-order valence-electron chi connectivity index (χ1n) is 19.5. The molecule has 1 heterocycles. The van der Waals surface area contributed by atoms with Crippen molar-refractivity contribution >= 4 is 29.5 Å². The number of hydrogen-bond acceptors (Lipinski definition) is 9. The highest BCUT2D eigenvalue weighted by atomic mass is 32.2. The molecule has 0 saturated heterocycles. The number of hydrogen-bond donors (Lipinski definition) is 0. The standard InChI is InChI=1S/C38H72N4O3S2/c1-6-9-12-13-14-15-16-17-18-19-20-21-22-23-24-25-33-46-37-39-36(45-32-26-30-42(4)5)40-38(41-37)47-34(27-10-7-2)28-29-35(43)44-31-11-8-3/h34H,6-33H2,1-5H3. The van der Waals surface area contributed by atoms with Gasteiger partial charge in [0, 0.05) is 24.0 Å². The van der Waals surface area contributed by atoms with Crippen LogP contribution in [0.3, 0.4) is 0 Å². The number of carbonyl (C=O) groups is 1. The van der Waals surface area contributed by atoms with Crippen molar-refractivity contribution in [3.63, 3.8) is 0 Å². The Labute approximate surface area is 298 Å². The van der Waals surface area contributed by atoms with E-state index < -0.39 is 0 Å². The first-order chi connectivity index (χ1) is 23.0. The molecule has 0 aliphatic heterocycles. The predicted molar refractivity (Wildman–Crippen MR) is 203 cm³/mol. The number of nitrogens with zero attached hydrogens (tertiary/aromatic N) is 4. The number of unbranched alkanes of at least 4 members (excludes halogenated alkanes) is 17. The summed E-state index contributed by atoms with van der Waals surface area (Å²) in [4.78, 5) is 28.6. The van der Waals surface area contributed by atoms with Gasteiger partial charge in [0.2, 0.25) is 0 Å². The van der Waals surface area contributed by atoms with Crippen LogP contribution in [0, 0.1) is 0 Å². The van der Waals surface area contributed by atoms with Crippen molar-refractivity contribution in [3.05, 3.63) is 0 Å². The third-order valence-corrected chi connectivity index (χ3v) is 10.5. The van der Waals surface area contributed by atoms with Gasteiger partial charge < -0.3 is 14.4 Å². The molecule has 0 spiro atoms. The van der Waals surface area contributed by atoms with E-state index in [1.807, 2.05) is 0 Å². The maximum Gasteiger partial charge on any atom is 0.321 e. The van der Waals surface area contributed by atoms with E-state index in [4.69, 9.17) is 14.5 Å². The Kier molecular flexibility index (Phi) is 30.1. The topological polar surface area (TPSA) is 77.4 Å². The molecule has 9 heteroatoms. The first-order valence-corrected chi connectivity index (χ1v) is 21.3.